The smallest absolute Gasteiger partial charge is 0.172 e. The molecule has 0 N–H and O–H groups in total. The average molecular weight is 657 g/mol. The molecule has 3 heterocycles. The molecule has 5 nitrogen and oxygen atoms in total. The van der Waals surface area contributed by atoms with Crippen LogP contribution in [0, 0.1) is 22.7 Å². The third-order valence-corrected chi connectivity index (χ3v) is 13.3. The Labute approximate surface area is 287 Å². The fourth-order valence-corrected chi connectivity index (χ4v) is 11.0. The third kappa shape index (κ3) is 3.79. The van der Waals surface area contributed by atoms with Crippen LogP contribution >= 0.6 is 7.14 Å². The largest absolute Gasteiger partial charge is 0.309 e. The first-order chi connectivity index (χ1) is 24.6. The maximum atomic E-state index is 15.6. The highest BCUT2D eigenvalue weighted by Gasteiger charge is 2.40. The summed E-state index contributed by atoms with van der Waals surface area (Å²) in [7, 11) is -3.20. The molecule has 0 saturated heterocycles. The van der Waals surface area contributed by atoms with Gasteiger partial charge >= 0.3 is 0 Å². The van der Waals surface area contributed by atoms with Crippen LogP contribution in [0.5, 0.6) is 0 Å². The Kier molecular flexibility index (Phi) is 5.91. The van der Waals surface area contributed by atoms with Crippen molar-refractivity contribution in [3.05, 3.63) is 163 Å². The molecular weight excluding hydrogens is 631 g/mol. The van der Waals surface area contributed by atoms with Crippen LogP contribution in [0.3, 0.4) is 0 Å². The van der Waals surface area contributed by atoms with Gasteiger partial charge in [-0.05, 0) is 96.1 Å². The van der Waals surface area contributed by atoms with Crippen molar-refractivity contribution in [3.8, 4) is 34.6 Å². The van der Waals surface area contributed by atoms with Crippen LogP contribution < -0.4 is 15.9 Å². The van der Waals surface area contributed by atoms with Gasteiger partial charge in [0.25, 0.3) is 0 Å². The maximum Gasteiger partial charge on any atom is 0.172 e. The van der Waals surface area contributed by atoms with E-state index < -0.39 is 7.14 Å². The normalized spacial score (nSPS) is 13.0. The molecular formula is C44H25N4OP. The molecule has 0 spiro atoms. The summed E-state index contributed by atoms with van der Waals surface area (Å²) in [5.74, 6) is 0. The molecule has 1 aliphatic heterocycles. The van der Waals surface area contributed by atoms with Crippen LogP contribution in [0.1, 0.15) is 11.1 Å². The predicted octanol–water partition coefficient (Wildman–Crippen LogP) is 9.24. The zero-order valence-corrected chi connectivity index (χ0v) is 27.5. The summed E-state index contributed by atoms with van der Waals surface area (Å²) < 4.78 is 20.0. The van der Waals surface area contributed by atoms with E-state index in [4.69, 9.17) is 0 Å². The van der Waals surface area contributed by atoms with E-state index in [-0.39, 0.29) is 0 Å². The summed E-state index contributed by atoms with van der Waals surface area (Å²) in [6.07, 6.45) is 0. The molecule has 232 valence electrons. The highest BCUT2D eigenvalue weighted by Crippen LogP contribution is 2.53. The minimum absolute atomic E-state index is 0.619. The molecule has 0 fully saturated rings. The van der Waals surface area contributed by atoms with Crippen LogP contribution in [-0.4, -0.2) is 9.13 Å². The summed E-state index contributed by atoms with van der Waals surface area (Å²) >= 11 is 0. The van der Waals surface area contributed by atoms with E-state index in [2.05, 4.69) is 69.8 Å². The van der Waals surface area contributed by atoms with Gasteiger partial charge < -0.3 is 13.7 Å². The minimum atomic E-state index is -3.20. The van der Waals surface area contributed by atoms with Crippen LogP contribution in [0.15, 0.2) is 152 Å². The highest BCUT2D eigenvalue weighted by atomic mass is 31.2. The molecule has 6 heteroatoms. The lowest BCUT2D eigenvalue weighted by Gasteiger charge is -2.17. The monoisotopic (exact) mass is 656 g/mol. The van der Waals surface area contributed by atoms with Crippen molar-refractivity contribution in [1.29, 1.82) is 10.5 Å². The van der Waals surface area contributed by atoms with E-state index in [9.17, 15) is 10.5 Å². The maximum absolute atomic E-state index is 15.6. The standard InChI is InChI=1S/C44H25N4OP/c45-26-28-14-18-41-35(22-28)33-10-4-6-12-39(33)47(41)30-16-20-43-37(24-30)38-25-31(17-21-44(38)50(43,49)32-8-2-1-3-9-32)48-40-13-7-5-11-34(40)36-23-29(27-46)15-19-42(36)48/h1-25H. The van der Waals surface area contributed by atoms with Crippen molar-refractivity contribution in [2.24, 2.45) is 0 Å². The summed E-state index contributed by atoms with van der Waals surface area (Å²) in [4.78, 5) is 0. The van der Waals surface area contributed by atoms with E-state index in [1.807, 2.05) is 103 Å². The number of benzene rings is 7. The van der Waals surface area contributed by atoms with Gasteiger partial charge in [-0.15, -0.1) is 0 Å². The van der Waals surface area contributed by atoms with Crippen LogP contribution in [0.2, 0.25) is 0 Å². The van der Waals surface area contributed by atoms with E-state index in [0.717, 1.165) is 82.0 Å². The molecule has 0 saturated carbocycles. The zero-order chi connectivity index (χ0) is 33.6. The SMILES string of the molecule is N#Cc1ccc2c(c1)c1ccccc1n2-c1ccc2c(c1)-c1cc(-n3c4ccccc4c4cc(C#N)ccc43)ccc1P2(=O)c1ccccc1. The van der Waals surface area contributed by atoms with Crippen LogP contribution in [0.25, 0.3) is 66.1 Å². The zero-order valence-electron chi connectivity index (χ0n) is 26.6. The molecule has 7 aromatic carbocycles. The van der Waals surface area contributed by atoms with Crippen molar-refractivity contribution in [3.63, 3.8) is 0 Å². The Bertz CT molecular complexity index is 2860. The van der Waals surface area contributed by atoms with Crippen LogP contribution in [0.4, 0.5) is 0 Å². The molecule has 9 aromatic rings. The topological polar surface area (TPSA) is 74.5 Å². The van der Waals surface area contributed by atoms with Crippen LogP contribution in [-0.2, 0) is 4.57 Å². The molecule has 0 aliphatic carbocycles. The van der Waals surface area contributed by atoms with E-state index in [1.54, 1.807) is 0 Å². The summed E-state index contributed by atoms with van der Waals surface area (Å²) in [6.45, 7) is 0. The molecule has 2 aromatic heterocycles. The van der Waals surface area contributed by atoms with Crippen molar-refractivity contribution in [2.45, 2.75) is 0 Å². The number of para-hydroxylation sites is 2. The van der Waals surface area contributed by atoms with Gasteiger partial charge in [0, 0.05) is 48.8 Å². The Balaban J connectivity index is 1.26. The van der Waals surface area contributed by atoms with Gasteiger partial charge in [0.2, 0.25) is 0 Å². The number of nitriles is 2. The van der Waals surface area contributed by atoms with E-state index >= 15 is 4.57 Å². The van der Waals surface area contributed by atoms with Gasteiger partial charge in [-0.2, -0.15) is 10.5 Å². The molecule has 10 rings (SSSR count). The number of rotatable bonds is 3. The van der Waals surface area contributed by atoms with Gasteiger partial charge in [0.15, 0.2) is 7.14 Å². The minimum Gasteiger partial charge on any atom is -0.309 e. The number of nitrogens with zero attached hydrogens (tertiary/aromatic N) is 4. The summed E-state index contributed by atoms with van der Waals surface area (Å²) in [5.41, 5.74) is 9.13. The highest BCUT2D eigenvalue weighted by molar-refractivity contribution is 7.86. The van der Waals surface area contributed by atoms with E-state index in [1.165, 1.54) is 0 Å². The second-order valence-electron chi connectivity index (χ2n) is 12.7. The molecule has 1 aliphatic rings. The molecule has 0 atom stereocenters. The predicted molar refractivity (Wildman–Crippen MR) is 203 cm³/mol. The molecule has 50 heavy (non-hydrogen) atoms. The van der Waals surface area contributed by atoms with Gasteiger partial charge in [-0.3, -0.25) is 0 Å². The summed E-state index contributed by atoms with van der Waals surface area (Å²) in [6, 6.07) is 55.2. The molecule has 0 unspecified atom stereocenters. The number of hydrogen-bond donors (Lipinski definition) is 0. The average Bonchev–Trinajstić information content (AvgIpc) is 3.78. The second-order valence-corrected chi connectivity index (χ2v) is 15.4. The Morgan fingerprint density at radius 3 is 1.36 bits per heavy atom. The van der Waals surface area contributed by atoms with Gasteiger partial charge in [0.1, 0.15) is 0 Å². The van der Waals surface area contributed by atoms with Gasteiger partial charge in [0.05, 0.1) is 45.3 Å². The lowest BCUT2D eigenvalue weighted by atomic mass is 10.0. The fraction of sp³-hybridized carbons (Fsp3) is 0. The van der Waals surface area contributed by atoms with Crippen molar-refractivity contribution in [1.82, 2.24) is 9.13 Å². The fourth-order valence-electron chi connectivity index (χ4n) is 7.99. The Morgan fingerprint density at radius 1 is 0.440 bits per heavy atom. The molecule has 0 amide bonds. The van der Waals surface area contributed by atoms with E-state index in [0.29, 0.717) is 11.1 Å². The lowest BCUT2D eigenvalue weighted by Crippen LogP contribution is -2.20. The quantitative estimate of drug-likeness (QED) is 0.178. The van der Waals surface area contributed by atoms with Gasteiger partial charge in [-0.25, -0.2) is 0 Å². The first-order valence-corrected chi connectivity index (χ1v) is 18.1. The number of fused-ring (bicyclic) bond motifs is 9. The van der Waals surface area contributed by atoms with Crippen molar-refractivity contribution < 1.29 is 4.57 Å². The Hall–Kier alpha value is -6.65. The van der Waals surface area contributed by atoms with Crippen molar-refractivity contribution >= 4 is 66.7 Å². The summed E-state index contributed by atoms with van der Waals surface area (Å²) in [5, 5.41) is 26.0. The van der Waals surface area contributed by atoms with Gasteiger partial charge in [-0.1, -0.05) is 66.7 Å². The first-order valence-electron chi connectivity index (χ1n) is 16.4. The number of hydrogen-bond acceptors (Lipinski definition) is 3. The molecule has 0 bridgehead atoms. The lowest BCUT2D eigenvalue weighted by molar-refractivity contribution is 0.593. The number of aromatic nitrogens is 2. The third-order valence-electron chi connectivity index (χ3n) is 10.2. The Morgan fingerprint density at radius 2 is 0.880 bits per heavy atom. The first kappa shape index (κ1) is 28.4. The molecule has 0 radical (unpaired) electrons. The second kappa shape index (κ2) is 10.4. The van der Waals surface area contributed by atoms with Crippen molar-refractivity contribution in [2.75, 3.05) is 0 Å².